The number of nitrogens with one attached hydrogen (secondary N) is 1. The number of aromatic nitrogens is 1. The highest BCUT2D eigenvalue weighted by atomic mass is 16.3. The van der Waals surface area contributed by atoms with Crippen LogP contribution in [0.1, 0.15) is 43.4 Å². The minimum absolute atomic E-state index is 0.0705. The quantitative estimate of drug-likeness (QED) is 0.598. The number of piperidine rings is 1. The number of carbonyl (C=O) groups excluding carboxylic acids is 1. The van der Waals surface area contributed by atoms with Gasteiger partial charge in [-0.15, -0.1) is 0 Å². The van der Waals surface area contributed by atoms with Gasteiger partial charge in [-0.2, -0.15) is 0 Å². The molecule has 1 saturated heterocycles. The maximum absolute atomic E-state index is 13.5. The number of hydrogen-bond acceptors (Lipinski definition) is 5. The second-order valence-electron chi connectivity index (χ2n) is 9.69. The van der Waals surface area contributed by atoms with Gasteiger partial charge in [0, 0.05) is 37.2 Å². The summed E-state index contributed by atoms with van der Waals surface area (Å²) in [6.07, 6.45) is 6.21. The van der Waals surface area contributed by atoms with Gasteiger partial charge in [-0.3, -0.25) is 14.7 Å². The highest BCUT2D eigenvalue weighted by Gasteiger charge is 2.64. The molecule has 0 radical (unpaired) electrons. The van der Waals surface area contributed by atoms with Gasteiger partial charge in [0.15, 0.2) is 5.60 Å². The highest BCUT2D eigenvalue weighted by molar-refractivity contribution is 5.87. The van der Waals surface area contributed by atoms with Gasteiger partial charge in [-0.05, 0) is 42.9 Å². The minimum atomic E-state index is -1.53. The van der Waals surface area contributed by atoms with Crippen LogP contribution in [0.25, 0.3) is 0 Å². The number of carbonyl (C=O) groups is 1. The first-order valence-corrected chi connectivity index (χ1v) is 11.5. The number of pyridine rings is 1. The smallest absolute Gasteiger partial charge is 0.258 e. The maximum atomic E-state index is 13.5. The first-order chi connectivity index (χ1) is 15.0. The van der Waals surface area contributed by atoms with Crippen LogP contribution in [0.4, 0.5) is 0 Å². The molecule has 2 aromatic rings. The lowest BCUT2D eigenvalue weighted by Crippen LogP contribution is -2.57. The molecular formula is C25H32N4O2. The van der Waals surface area contributed by atoms with Gasteiger partial charge >= 0.3 is 0 Å². The molecule has 164 valence electrons. The average Bonchev–Trinajstić information content (AvgIpc) is 3.13. The van der Waals surface area contributed by atoms with Crippen LogP contribution in [0.2, 0.25) is 0 Å². The third-order valence-corrected chi connectivity index (χ3v) is 7.80. The molecule has 5 rings (SSSR count). The number of amides is 1. The van der Waals surface area contributed by atoms with Crippen LogP contribution in [0.3, 0.4) is 0 Å². The Bertz CT molecular complexity index is 918. The molecule has 2 heterocycles. The summed E-state index contributed by atoms with van der Waals surface area (Å²) < 4.78 is 0. The van der Waals surface area contributed by atoms with Gasteiger partial charge in [0.1, 0.15) is 0 Å². The van der Waals surface area contributed by atoms with E-state index in [-0.39, 0.29) is 17.2 Å². The Hall–Kier alpha value is -2.28. The molecule has 1 aromatic carbocycles. The highest BCUT2D eigenvalue weighted by Crippen LogP contribution is 2.59. The molecule has 0 bridgehead atoms. The number of benzene rings is 1. The molecular weight excluding hydrogens is 388 g/mol. The lowest BCUT2D eigenvalue weighted by molar-refractivity contribution is -0.148. The predicted molar refractivity (Wildman–Crippen MR) is 118 cm³/mol. The average molecular weight is 421 g/mol. The van der Waals surface area contributed by atoms with E-state index in [4.69, 9.17) is 5.73 Å². The number of rotatable bonds is 7. The van der Waals surface area contributed by atoms with Crippen molar-refractivity contribution >= 4 is 5.91 Å². The van der Waals surface area contributed by atoms with E-state index in [0.717, 1.165) is 57.4 Å². The van der Waals surface area contributed by atoms with Crippen LogP contribution < -0.4 is 11.1 Å². The molecule has 1 aromatic heterocycles. The number of nitrogens with two attached hydrogens (primary N) is 1. The molecule has 4 unspecified atom stereocenters. The first-order valence-electron chi connectivity index (χ1n) is 11.5. The summed E-state index contributed by atoms with van der Waals surface area (Å²) in [6, 6.07) is 15.3. The number of nitrogens with zero attached hydrogens (tertiary/aromatic N) is 2. The summed E-state index contributed by atoms with van der Waals surface area (Å²) in [5.41, 5.74) is 6.69. The molecule has 3 aliphatic rings. The van der Waals surface area contributed by atoms with Gasteiger partial charge in [-0.25, -0.2) is 0 Å². The molecule has 0 spiro atoms. The van der Waals surface area contributed by atoms with Gasteiger partial charge in [-0.1, -0.05) is 49.2 Å². The minimum Gasteiger partial charge on any atom is -0.375 e. The van der Waals surface area contributed by atoms with E-state index in [1.54, 1.807) is 0 Å². The van der Waals surface area contributed by atoms with E-state index in [9.17, 15) is 9.90 Å². The molecule has 2 saturated carbocycles. The number of fused-ring (bicyclic) bond motifs is 1. The maximum Gasteiger partial charge on any atom is 0.258 e. The van der Waals surface area contributed by atoms with Crippen LogP contribution in [-0.4, -0.2) is 40.2 Å². The molecule has 1 amide bonds. The fourth-order valence-corrected chi connectivity index (χ4v) is 5.94. The van der Waals surface area contributed by atoms with Crippen molar-refractivity contribution in [3.05, 3.63) is 66.0 Å². The Morgan fingerprint density at radius 1 is 1.23 bits per heavy atom. The fraction of sp³-hybridized carbons (Fsp3) is 0.520. The van der Waals surface area contributed by atoms with Crippen LogP contribution in [0.5, 0.6) is 0 Å². The third kappa shape index (κ3) is 3.67. The first kappa shape index (κ1) is 20.6. The lowest BCUT2D eigenvalue weighted by Gasteiger charge is -2.35. The predicted octanol–water partition coefficient (Wildman–Crippen LogP) is 2.38. The molecule has 2 aliphatic carbocycles. The molecule has 4 N–H and O–H groups in total. The largest absolute Gasteiger partial charge is 0.375 e. The van der Waals surface area contributed by atoms with Gasteiger partial charge in [0.25, 0.3) is 5.91 Å². The van der Waals surface area contributed by atoms with E-state index in [0.29, 0.717) is 11.5 Å². The van der Waals surface area contributed by atoms with Crippen molar-refractivity contribution < 1.29 is 9.90 Å². The van der Waals surface area contributed by atoms with E-state index in [1.165, 1.54) is 0 Å². The van der Waals surface area contributed by atoms with Crippen molar-refractivity contribution in [2.24, 2.45) is 23.0 Å². The van der Waals surface area contributed by atoms with Crippen molar-refractivity contribution in [3.8, 4) is 0 Å². The number of aliphatic hydroxyl groups is 1. The van der Waals surface area contributed by atoms with Gasteiger partial charge < -0.3 is 16.2 Å². The normalized spacial score (nSPS) is 28.6. The Morgan fingerprint density at radius 2 is 1.97 bits per heavy atom. The SMILES string of the molecule is NC(NC(=O)C(O)(c1ccccc1)C1CCCC1)C12CC1CN(Cc1ccccn1)C2. The van der Waals surface area contributed by atoms with Gasteiger partial charge in [0.2, 0.25) is 0 Å². The zero-order valence-electron chi connectivity index (χ0n) is 17.9. The van der Waals surface area contributed by atoms with Crippen molar-refractivity contribution in [1.29, 1.82) is 0 Å². The summed E-state index contributed by atoms with van der Waals surface area (Å²) in [7, 11) is 0. The zero-order valence-corrected chi connectivity index (χ0v) is 17.9. The monoisotopic (exact) mass is 420 g/mol. The van der Waals surface area contributed by atoms with E-state index < -0.39 is 11.8 Å². The van der Waals surface area contributed by atoms with E-state index in [1.807, 2.05) is 54.7 Å². The standard InChI is InChI=1S/C25H32N4O2/c26-22(24-14-20(24)15-29(17-24)16-21-12-6-7-13-27-21)28-23(30)25(31,19-10-4-5-11-19)18-8-2-1-3-9-18/h1-3,6-9,12-13,19-20,22,31H,4-5,10-11,14-17,26H2,(H,28,30). The Labute approximate surface area is 183 Å². The second kappa shape index (κ2) is 8.01. The van der Waals surface area contributed by atoms with Gasteiger partial charge in [0.05, 0.1) is 11.9 Å². The summed E-state index contributed by atoms with van der Waals surface area (Å²) in [5, 5.41) is 14.8. The lowest BCUT2D eigenvalue weighted by atomic mass is 9.79. The van der Waals surface area contributed by atoms with Crippen molar-refractivity contribution in [3.63, 3.8) is 0 Å². The van der Waals surface area contributed by atoms with Crippen LogP contribution >= 0.6 is 0 Å². The van der Waals surface area contributed by atoms with E-state index >= 15 is 0 Å². The summed E-state index contributed by atoms with van der Waals surface area (Å²) in [4.78, 5) is 20.3. The molecule has 6 heteroatoms. The molecule has 4 atom stereocenters. The second-order valence-corrected chi connectivity index (χ2v) is 9.69. The molecule has 3 fully saturated rings. The van der Waals surface area contributed by atoms with E-state index in [2.05, 4.69) is 15.2 Å². The number of likely N-dealkylation sites (tertiary alicyclic amines) is 1. The molecule has 6 nitrogen and oxygen atoms in total. The Morgan fingerprint density at radius 3 is 2.68 bits per heavy atom. The Balaban J connectivity index is 1.29. The summed E-state index contributed by atoms with van der Waals surface area (Å²) in [6.45, 7) is 2.63. The molecule has 31 heavy (non-hydrogen) atoms. The van der Waals surface area contributed by atoms with Crippen molar-refractivity contribution in [1.82, 2.24) is 15.2 Å². The number of hydrogen-bond donors (Lipinski definition) is 3. The summed E-state index contributed by atoms with van der Waals surface area (Å²) >= 11 is 0. The molecule has 1 aliphatic heterocycles. The van der Waals surface area contributed by atoms with Crippen LogP contribution in [0.15, 0.2) is 54.7 Å². The topological polar surface area (TPSA) is 91.5 Å². The summed E-state index contributed by atoms with van der Waals surface area (Å²) in [5.74, 6) is 0.0722. The van der Waals surface area contributed by atoms with Crippen molar-refractivity contribution in [2.75, 3.05) is 13.1 Å². The van der Waals surface area contributed by atoms with Crippen LogP contribution in [-0.2, 0) is 16.9 Å². The van der Waals surface area contributed by atoms with Crippen LogP contribution in [0, 0.1) is 17.3 Å². The van der Waals surface area contributed by atoms with Crippen molar-refractivity contribution in [2.45, 2.75) is 50.4 Å². The third-order valence-electron chi connectivity index (χ3n) is 7.80. The fourth-order valence-electron chi connectivity index (χ4n) is 5.94. The Kier molecular flexibility index (Phi) is 5.32. The zero-order chi connectivity index (χ0) is 21.5.